The molecule has 6 heteroatoms. The highest BCUT2D eigenvalue weighted by atomic mass is 16.4. The molecular formula is C22H29N3O3. The molecule has 4 rings (SSSR count). The van der Waals surface area contributed by atoms with E-state index in [-0.39, 0.29) is 11.8 Å². The number of aryl methyl sites for hydroxylation is 1. The van der Waals surface area contributed by atoms with Gasteiger partial charge in [0, 0.05) is 49.9 Å². The van der Waals surface area contributed by atoms with Crippen LogP contribution in [0.1, 0.15) is 47.2 Å². The lowest BCUT2D eigenvalue weighted by Gasteiger charge is -2.14. The molecule has 0 bridgehead atoms. The predicted molar refractivity (Wildman–Crippen MR) is 106 cm³/mol. The van der Waals surface area contributed by atoms with Crippen LogP contribution in [0.25, 0.3) is 0 Å². The number of β-amino-alcohol motifs (C(OH)–C–C–N with tert-alkyl or cyclic N) is 1. The summed E-state index contributed by atoms with van der Waals surface area (Å²) >= 11 is 0. The molecule has 150 valence electrons. The second-order valence-corrected chi connectivity index (χ2v) is 7.99. The number of pyridine rings is 1. The number of hydrogen-bond acceptors (Lipinski definition) is 5. The number of aliphatic hydroxyl groups excluding tert-OH is 1. The first-order valence-corrected chi connectivity index (χ1v) is 10.3. The Kier molecular flexibility index (Phi) is 5.78. The number of carbonyl (C=O) groups is 1. The number of amides is 1. The molecule has 0 aromatic carbocycles. The molecule has 0 radical (unpaired) electrons. The zero-order chi connectivity index (χ0) is 19.5. The highest BCUT2D eigenvalue weighted by molar-refractivity contribution is 5.92. The van der Waals surface area contributed by atoms with Crippen LogP contribution in [0.2, 0.25) is 0 Å². The maximum Gasteiger partial charge on any atom is 0.289 e. The molecule has 0 aliphatic carbocycles. The van der Waals surface area contributed by atoms with Crippen molar-refractivity contribution in [2.45, 2.75) is 45.3 Å². The molecule has 4 heterocycles. The first-order valence-electron chi connectivity index (χ1n) is 10.3. The van der Waals surface area contributed by atoms with Crippen LogP contribution in [-0.2, 0) is 19.4 Å². The quantitative estimate of drug-likeness (QED) is 0.830. The van der Waals surface area contributed by atoms with Crippen LogP contribution >= 0.6 is 0 Å². The fourth-order valence-corrected chi connectivity index (χ4v) is 4.38. The maximum absolute atomic E-state index is 13.0. The van der Waals surface area contributed by atoms with E-state index in [0.29, 0.717) is 18.8 Å². The van der Waals surface area contributed by atoms with Crippen molar-refractivity contribution in [3.05, 3.63) is 53.2 Å². The summed E-state index contributed by atoms with van der Waals surface area (Å²) in [7, 11) is 0. The average molecular weight is 383 g/mol. The third-order valence-corrected chi connectivity index (χ3v) is 5.96. The van der Waals surface area contributed by atoms with E-state index in [0.717, 1.165) is 49.4 Å². The van der Waals surface area contributed by atoms with Gasteiger partial charge in [-0.25, -0.2) is 0 Å². The molecule has 1 N–H and O–H groups in total. The van der Waals surface area contributed by atoms with E-state index in [1.807, 2.05) is 18.2 Å². The lowest BCUT2D eigenvalue weighted by molar-refractivity contribution is 0.0732. The molecule has 2 atom stereocenters. The monoisotopic (exact) mass is 383 g/mol. The Morgan fingerprint density at radius 1 is 1.25 bits per heavy atom. The summed E-state index contributed by atoms with van der Waals surface area (Å²) in [5.74, 6) is 1.24. The van der Waals surface area contributed by atoms with Crippen molar-refractivity contribution in [3.63, 3.8) is 0 Å². The van der Waals surface area contributed by atoms with Gasteiger partial charge in [0.05, 0.1) is 6.10 Å². The van der Waals surface area contributed by atoms with Crippen LogP contribution in [0.15, 0.2) is 35.0 Å². The van der Waals surface area contributed by atoms with Gasteiger partial charge < -0.3 is 14.4 Å². The van der Waals surface area contributed by atoms with Crippen LogP contribution in [-0.4, -0.2) is 58.1 Å². The number of nitrogens with zero attached hydrogens (tertiary/aromatic N) is 3. The van der Waals surface area contributed by atoms with Crippen LogP contribution in [0.5, 0.6) is 0 Å². The average Bonchev–Trinajstić information content (AvgIpc) is 3.44. The van der Waals surface area contributed by atoms with E-state index in [2.05, 4.69) is 16.8 Å². The molecule has 2 aromatic heterocycles. The highest BCUT2D eigenvalue weighted by Gasteiger charge is 2.35. The van der Waals surface area contributed by atoms with Crippen LogP contribution in [0.4, 0.5) is 0 Å². The van der Waals surface area contributed by atoms with Crippen LogP contribution in [0.3, 0.4) is 0 Å². The molecule has 0 unspecified atom stereocenters. The number of rotatable bonds is 6. The van der Waals surface area contributed by atoms with E-state index < -0.39 is 6.10 Å². The molecule has 2 saturated heterocycles. The van der Waals surface area contributed by atoms with E-state index in [1.54, 1.807) is 17.3 Å². The SMILES string of the molecule is CCc1oc(C(=O)N2C[C@@H](Cc3ccncc3)[C@@H](O)C2)cc1CN1CCCC1. The number of furan rings is 1. The third-order valence-electron chi connectivity index (χ3n) is 5.96. The number of hydrogen-bond donors (Lipinski definition) is 1. The Balaban J connectivity index is 1.43. The van der Waals surface area contributed by atoms with Gasteiger partial charge in [-0.3, -0.25) is 14.7 Å². The highest BCUT2D eigenvalue weighted by Crippen LogP contribution is 2.26. The number of aromatic nitrogens is 1. The van der Waals surface area contributed by atoms with Gasteiger partial charge in [0.1, 0.15) is 5.76 Å². The van der Waals surface area contributed by atoms with Crippen molar-refractivity contribution in [3.8, 4) is 0 Å². The lowest BCUT2D eigenvalue weighted by Crippen LogP contribution is -2.29. The molecule has 1 amide bonds. The fourth-order valence-electron chi connectivity index (χ4n) is 4.38. The summed E-state index contributed by atoms with van der Waals surface area (Å²) in [6, 6.07) is 5.84. The molecule has 0 spiro atoms. The zero-order valence-corrected chi connectivity index (χ0v) is 16.5. The first kappa shape index (κ1) is 19.2. The van der Waals surface area contributed by atoms with Gasteiger partial charge in [0.25, 0.3) is 5.91 Å². The molecule has 0 saturated carbocycles. The van der Waals surface area contributed by atoms with Crippen LogP contribution in [0, 0.1) is 5.92 Å². The molecule has 2 aliphatic heterocycles. The minimum absolute atomic E-state index is 0.0380. The van der Waals surface area contributed by atoms with Crippen molar-refractivity contribution < 1.29 is 14.3 Å². The van der Waals surface area contributed by atoms with Crippen molar-refractivity contribution >= 4 is 5.91 Å². The van der Waals surface area contributed by atoms with Gasteiger partial charge in [-0.2, -0.15) is 0 Å². The summed E-state index contributed by atoms with van der Waals surface area (Å²) in [6.07, 6.45) is 7.02. The smallest absolute Gasteiger partial charge is 0.289 e. The summed E-state index contributed by atoms with van der Waals surface area (Å²) in [6.45, 7) is 6.06. The Hall–Kier alpha value is -2.18. The van der Waals surface area contributed by atoms with Crippen molar-refractivity contribution in [1.29, 1.82) is 0 Å². The van der Waals surface area contributed by atoms with Crippen molar-refractivity contribution in [2.75, 3.05) is 26.2 Å². The molecule has 2 aromatic rings. The zero-order valence-electron chi connectivity index (χ0n) is 16.5. The Morgan fingerprint density at radius 2 is 2.00 bits per heavy atom. The Labute approximate surface area is 166 Å². The Bertz CT molecular complexity index is 799. The minimum Gasteiger partial charge on any atom is -0.456 e. The van der Waals surface area contributed by atoms with Gasteiger partial charge in [-0.15, -0.1) is 0 Å². The van der Waals surface area contributed by atoms with Gasteiger partial charge >= 0.3 is 0 Å². The number of likely N-dealkylation sites (tertiary alicyclic amines) is 2. The summed E-state index contributed by atoms with van der Waals surface area (Å²) in [5, 5.41) is 10.5. The van der Waals surface area contributed by atoms with Gasteiger partial charge in [-0.1, -0.05) is 6.92 Å². The number of aliphatic hydroxyl groups is 1. The van der Waals surface area contributed by atoms with Crippen LogP contribution < -0.4 is 0 Å². The van der Waals surface area contributed by atoms with E-state index >= 15 is 0 Å². The summed E-state index contributed by atoms with van der Waals surface area (Å²) in [5.41, 5.74) is 2.26. The molecule has 2 aliphatic rings. The largest absolute Gasteiger partial charge is 0.456 e. The summed E-state index contributed by atoms with van der Waals surface area (Å²) < 4.78 is 5.93. The maximum atomic E-state index is 13.0. The topological polar surface area (TPSA) is 69.8 Å². The van der Waals surface area contributed by atoms with Gasteiger partial charge in [-0.05, 0) is 56.1 Å². The Morgan fingerprint density at radius 3 is 2.71 bits per heavy atom. The predicted octanol–water partition coefficient (Wildman–Crippen LogP) is 2.51. The molecule has 6 nitrogen and oxygen atoms in total. The van der Waals surface area contributed by atoms with E-state index in [1.165, 1.54) is 12.8 Å². The first-order chi connectivity index (χ1) is 13.6. The number of carbonyl (C=O) groups excluding carboxylic acids is 1. The standard InChI is InChI=1S/C22H29N3O3/c1-2-20-18(13-24-9-3-4-10-24)12-21(28-20)22(27)25-14-17(19(26)15-25)11-16-5-7-23-8-6-16/h5-8,12,17,19,26H,2-4,9-11,13-15H2,1H3/t17-,19+/m1/s1. The van der Waals surface area contributed by atoms with Gasteiger partial charge in [0.15, 0.2) is 5.76 Å². The van der Waals surface area contributed by atoms with E-state index in [9.17, 15) is 9.90 Å². The molecule has 2 fully saturated rings. The minimum atomic E-state index is -0.512. The van der Waals surface area contributed by atoms with Crippen molar-refractivity contribution in [2.24, 2.45) is 5.92 Å². The second-order valence-electron chi connectivity index (χ2n) is 7.99. The fraction of sp³-hybridized carbons (Fsp3) is 0.545. The molecule has 28 heavy (non-hydrogen) atoms. The lowest BCUT2D eigenvalue weighted by atomic mass is 9.97. The third kappa shape index (κ3) is 4.13. The molecular weight excluding hydrogens is 354 g/mol. The van der Waals surface area contributed by atoms with E-state index in [4.69, 9.17) is 4.42 Å². The van der Waals surface area contributed by atoms with Crippen molar-refractivity contribution in [1.82, 2.24) is 14.8 Å². The normalized spacial score (nSPS) is 22.9. The summed E-state index contributed by atoms with van der Waals surface area (Å²) in [4.78, 5) is 21.2. The second kappa shape index (κ2) is 8.45. The van der Waals surface area contributed by atoms with Gasteiger partial charge in [0.2, 0.25) is 0 Å².